The molecule has 1 aromatic carbocycles. The third kappa shape index (κ3) is 5.07. The van der Waals surface area contributed by atoms with E-state index >= 15 is 0 Å². The number of anilines is 1. The molecule has 3 N–H and O–H groups in total. The average Bonchev–Trinajstić information content (AvgIpc) is 3.45. The van der Waals surface area contributed by atoms with Crippen molar-refractivity contribution in [2.75, 3.05) is 5.32 Å². The van der Waals surface area contributed by atoms with Crippen molar-refractivity contribution in [1.29, 1.82) is 0 Å². The SMILES string of the molecule is CC(NC(=O)c1ncnc2c1cnn2C)c1ncc(C(=O)Nc2cccc(CCC(=O)O)c2)s1. The van der Waals surface area contributed by atoms with Gasteiger partial charge in [0, 0.05) is 19.2 Å². The normalized spacial score (nSPS) is 11.8. The highest BCUT2D eigenvalue weighted by molar-refractivity contribution is 7.13. The molecule has 0 saturated carbocycles. The zero-order valence-electron chi connectivity index (χ0n) is 18.3. The number of thiazole rings is 1. The van der Waals surface area contributed by atoms with Crippen molar-refractivity contribution >= 4 is 45.8 Å². The maximum absolute atomic E-state index is 12.8. The van der Waals surface area contributed by atoms with Gasteiger partial charge in [-0.3, -0.25) is 19.1 Å². The summed E-state index contributed by atoms with van der Waals surface area (Å²) < 4.78 is 1.56. The number of aromatic nitrogens is 5. The summed E-state index contributed by atoms with van der Waals surface area (Å²) in [6.45, 7) is 1.77. The Labute approximate surface area is 197 Å². The van der Waals surface area contributed by atoms with Crippen LogP contribution in [0.1, 0.15) is 50.1 Å². The summed E-state index contributed by atoms with van der Waals surface area (Å²) in [5.74, 6) is -1.62. The van der Waals surface area contributed by atoms with E-state index in [0.717, 1.165) is 5.56 Å². The number of amides is 2. The van der Waals surface area contributed by atoms with Gasteiger partial charge in [-0.05, 0) is 31.0 Å². The van der Waals surface area contributed by atoms with Gasteiger partial charge >= 0.3 is 5.97 Å². The Morgan fingerprint density at radius 3 is 2.76 bits per heavy atom. The molecule has 0 aliphatic heterocycles. The van der Waals surface area contributed by atoms with Gasteiger partial charge in [-0.1, -0.05) is 12.1 Å². The number of nitrogens with one attached hydrogen (secondary N) is 2. The Kier molecular flexibility index (Phi) is 6.59. The number of hydrogen-bond donors (Lipinski definition) is 3. The third-order valence-corrected chi connectivity index (χ3v) is 6.20. The zero-order chi connectivity index (χ0) is 24.2. The van der Waals surface area contributed by atoms with Crippen LogP contribution >= 0.6 is 11.3 Å². The smallest absolute Gasteiger partial charge is 0.303 e. The largest absolute Gasteiger partial charge is 0.481 e. The van der Waals surface area contributed by atoms with Gasteiger partial charge in [-0.25, -0.2) is 15.0 Å². The summed E-state index contributed by atoms with van der Waals surface area (Å²) in [4.78, 5) is 49.1. The quantitative estimate of drug-likeness (QED) is 0.349. The summed E-state index contributed by atoms with van der Waals surface area (Å²) in [5.41, 5.74) is 2.14. The molecule has 2 amide bonds. The predicted molar refractivity (Wildman–Crippen MR) is 125 cm³/mol. The summed E-state index contributed by atoms with van der Waals surface area (Å²) in [6, 6.07) is 6.58. The maximum atomic E-state index is 12.8. The second kappa shape index (κ2) is 9.75. The van der Waals surface area contributed by atoms with Crippen LogP contribution < -0.4 is 10.6 Å². The molecule has 4 aromatic rings. The van der Waals surface area contributed by atoms with Crippen molar-refractivity contribution in [3.8, 4) is 0 Å². The van der Waals surface area contributed by atoms with E-state index < -0.39 is 17.9 Å². The van der Waals surface area contributed by atoms with Crippen LogP contribution in [0, 0.1) is 0 Å². The first-order valence-corrected chi connectivity index (χ1v) is 11.1. The molecule has 3 aromatic heterocycles. The van der Waals surface area contributed by atoms with Crippen molar-refractivity contribution < 1.29 is 19.5 Å². The van der Waals surface area contributed by atoms with E-state index in [2.05, 4.69) is 30.7 Å². The number of rotatable bonds is 8. The summed E-state index contributed by atoms with van der Waals surface area (Å²) >= 11 is 1.17. The molecule has 0 aliphatic rings. The molecular formula is C22H21N7O4S. The van der Waals surface area contributed by atoms with Crippen molar-refractivity contribution in [3.63, 3.8) is 0 Å². The topological polar surface area (TPSA) is 152 Å². The molecule has 0 radical (unpaired) electrons. The van der Waals surface area contributed by atoms with Crippen molar-refractivity contribution in [1.82, 2.24) is 30.0 Å². The molecule has 0 aliphatic carbocycles. The number of hydrogen-bond acceptors (Lipinski definition) is 8. The van der Waals surface area contributed by atoms with Crippen LogP contribution in [0.4, 0.5) is 5.69 Å². The van der Waals surface area contributed by atoms with Gasteiger partial charge in [0.1, 0.15) is 21.9 Å². The van der Waals surface area contributed by atoms with Crippen molar-refractivity contribution in [2.24, 2.45) is 7.05 Å². The van der Waals surface area contributed by atoms with Gasteiger partial charge in [0.15, 0.2) is 5.65 Å². The second-order valence-electron chi connectivity index (χ2n) is 7.53. The molecule has 4 rings (SSSR count). The van der Waals surface area contributed by atoms with Gasteiger partial charge in [0.2, 0.25) is 0 Å². The Morgan fingerprint density at radius 2 is 1.97 bits per heavy atom. The lowest BCUT2D eigenvalue weighted by atomic mass is 10.1. The number of carbonyl (C=O) groups excluding carboxylic acids is 2. The average molecular weight is 480 g/mol. The fourth-order valence-corrected chi connectivity index (χ4v) is 4.13. The number of carbonyl (C=O) groups is 3. The number of carboxylic acid groups (broad SMARTS) is 1. The van der Waals surface area contributed by atoms with Crippen LogP contribution in [0.2, 0.25) is 0 Å². The Hall–Kier alpha value is -4.19. The molecule has 0 fully saturated rings. The van der Waals surface area contributed by atoms with Gasteiger partial charge in [0.25, 0.3) is 11.8 Å². The molecule has 174 valence electrons. The minimum Gasteiger partial charge on any atom is -0.481 e. The highest BCUT2D eigenvalue weighted by Gasteiger charge is 2.20. The van der Waals surface area contributed by atoms with Crippen LogP contribution in [-0.4, -0.2) is 47.6 Å². The monoisotopic (exact) mass is 479 g/mol. The molecule has 0 saturated heterocycles. The molecule has 34 heavy (non-hydrogen) atoms. The lowest BCUT2D eigenvalue weighted by Crippen LogP contribution is -2.27. The third-order valence-electron chi connectivity index (χ3n) is 5.02. The number of carboxylic acids is 1. The van der Waals surface area contributed by atoms with Crippen LogP contribution in [0.3, 0.4) is 0 Å². The molecule has 1 unspecified atom stereocenters. The second-order valence-corrected chi connectivity index (χ2v) is 8.60. The first kappa shape index (κ1) is 23.0. The Morgan fingerprint density at radius 1 is 1.15 bits per heavy atom. The molecule has 3 heterocycles. The van der Waals surface area contributed by atoms with E-state index in [-0.39, 0.29) is 18.0 Å². The molecule has 0 spiro atoms. The molecular weight excluding hydrogens is 458 g/mol. The minimum absolute atomic E-state index is 0.0144. The van der Waals surface area contributed by atoms with E-state index in [1.165, 1.54) is 30.1 Å². The first-order valence-electron chi connectivity index (χ1n) is 10.3. The van der Waals surface area contributed by atoms with Gasteiger partial charge in [0.05, 0.1) is 23.8 Å². The van der Waals surface area contributed by atoms with Gasteiger partial charge in [-0.15, -0.1) is 11.3 Å². The first-order chi connectivity index (χ1) is 16.3. The van der Waals surface area contributed by atoms with Crippen LogP contribution in [-0.2, 0) is 18.3 Å². The molecule has 11 nitrogen and oxygen atoms in total. The number of aliphatic carboxylic acids is 1. The number of benzene rings is 1. The summed E-state index contributed by atoms with van der Waals surface area (Å²) in [5, 5.41) is 19.7. The maximum Gasteiger partial charge on any atom is 0.303 e. The summed E-state index contributed by atoms with van der Waals surface area (Å²) in [7, 11) is 1.73. The van der Waals surface area contributed by atoms with E-state index in [1.54, 1.807) is 36.9 Å². The van der Waals surface area contributed by atoms with E-state index in [1.807, 2.05) is 6.07 Å². The van der Waals surface area contributed by atoms with Gasteiger partial charge in [-0.2, -0.15) is 5.10 Å². The van der Waals surface area contributed by atoms with Crippen molar-refractivity contribution in [2.45, 2.75) is 25.8 Å². The fourth-order valence-electron chi connectivity index (χ4n) is 3.31. The number of aryl methyl sites for hydroxylation is 2. The molecule has 1 atom stereocenters. The van der Waals surface area contributed by atoms with E-state index in [9.17, 15) is 14.4 Å². The summed E-state index contributed by atoms with van der Waals surface area (Å²) in [6.07, 6.45) is 4.69. The minimum atomic E-state index is -0.877. The highest BCUT2D eigenvalue weighted by Crippen LogP contribution is 2.23. The van der Waals surface area contributed by atoms with Crippen LogP contribution in [0.25, 0.3) is 11.0 Å². The Balaban J connectivity index is 1.41. The fraction of sp³-hybridized carbons (Fsp3) is 0.227. The lowest BCUT2D eigenvalue weighted by molar-refractivity contribution is -0.136. The highest BCUT2D eigenvalue weighted by atomic mass is 32.1. The van der Waals surface area contributed by atoms with Crippen molar-refractivity contribution in [3.05, 3.63) is 64.1 Å². The number of fused-ring (bicyclic) bond motifs is 1. The lowest BCUT2D eigenvalue weighted by Gasteiger charge is -2.11. The molecule has 0 bridgehead atoms. The number of nitrogens with zero attached hydrogens (tertiary/aromatic N) is 5. The molecule has 12 heteroatoms. The van der Waals surface area contributed by atoms with E-state index in [4.69, 9.17) is 5.11 Å². The van der Waals surface area contributed by atoms with Crippen LogP contribution in [0.15, 0.2) is 43.0 Å². The van der Waals surface area contributed by atoms with Gasteiger partial charge < -0.3 is 15.7 Å². The standard InChI is InChI=1S/C22H21N7O4S/c1-12(27-21(33)18-15-9-26-29(2)19(15)25-11-24-18)22-23-10-16(34-22)20(32)28-14-5-3-4-13(8-14)6-7-17(30)31/h3-5,8-12H,6-7H2,1-2H3,(H,27,33)(H,28,32)(H,30,31). The van der Waals surface area contributed by atoms with Crippen LogP contribution in [0.5, 0.6) is 0 Å². The van der Waals surface area contributed by atoms with E-state index in [0.29, 0.717) is 33.0 Å². The zero-order valence-corrected chi connectivity index (χ0v) is 19.2. The predicted octanol–water partition coefficient (Wildman–Crippen LogP) is 2.58. The Bertz CT molecular complexity index is 1380.